The van der Waals surface area contributed by atoms with Crippen molar-refractivity contribution in [3.63, 3.8) is 0 Å². The van der Waals surface area contributed by atoms with Crippen LogP contribution in [0.15, 0.2) is 47.4 Å². The van der Waals surface area contributed by atoms with E-state index in [2.05, 4.69) is 12.1 Å². The Balaban J connectivity index is 1.45. The first-order valence-corrected chi connectivity index (χ1v) is 9.72. The zero-order valence-electron chi connectivity index (χ0n) is 15.2. The minimum absolute atomic E-state index is 0.135. The molecular formula is C21H23NO3S. The fraction of sp³-hybridized carbons (Fsp3) is 0.333. The third-order valence-corrected chi connectivity index (χ3v) is 5.67. The molecule has 3 rings (SSSR count). The van der Waals surface area contributed by atoms with Gasteiger partial charge in [-0.3, -0.25) is 9.59 Å². The van der Waals surface area contributed by atoms with Crippen molar-refractivity contribution < 1.29 is 14.3 Å². The van der Waals surface area contributed by atoms with Gasteiger partial charge in [0.25, 0.3) is 5.91 Å². The molecular weight excluding hydrogens is 346 g/mol. The van der Waals surface area contributed by atoms with Gasteiger partial charge in [0.1, 0.15) is 0 Å². The summed E-state index contributed by atoms with van der Waals surface area (Å²) in [5.41, 5.74) is 4.80. The van der Waals surface area contributed by atoms with Crippen LogP contribution in [0.3, 0.4) is 0 Å². The minimum Gasteiger partial charge on any atom is -0.455 e. The zero-order valence-corrected chi connectivity index (χ0v) is 16.0. The molecule has 2 aromatic rings. The van der Waals surface area contributed by atoms with E-state index in [-0.39, 0.29) is 24.2 Å². The molecule has 1 aliphatic rings. The molecule has 0 fully saturated rings. The quantitative estimate of drug-likeness (QED) is 0.598. The topological polar surface area (TPSA) is 46.6 Å². The highest BCUT2D eigenvalue weighted by molar-refractivity contribution is 8.00. The molecule has 0 unspecified atom stereocenters. The number of thioether (sulfide) groups is 1. The maximum absolute atomic E-state index is 12.3. The Morgan fingerprint density at radius 1 is 1.12 bits per heavy atom. The molecule has 2 aromatic carbocycles. The normalized spacial score (nSPS) is 13.2. The van der Waals surface area contributed by atoms with E-state index >= 15 is 0 Å². The highest BCUT2D eigenvalue weighted by atomic mass is 32.2. The molecule has 26 heavy (non-hydrogen) atoms. The maximum Gasteiger partial charge on any atom is 0.316 e. The van der Waals surface area contributed by atoms with Crippen LogP contribution in [0.2, 0.25) is 0 Å². The molecule has 4 nitrogen and oxygen atoms in total. The van der Waals surface area contributed by atoms with Crippen LogP contribution in [-0.2, 0) is 27.3 Å². The van der Waals surface area contributed by atoms with Crippen LogP contribution < -0.4 is 0 Å². The monoisotopic (exact) mass is 369 g/mol. The third-order valence-electron chi connectivity index (χ3n) is 4.52. The van der Waals surface area contributed by atoms with Gasteiger partial charge in [0, 0.05) is 18.0 Å². The van der Waals surface area contributed by atoms with Crippen molar-refractivity contribution in [1.82, 2.24) is 4.90 Å². The van der Waals surface area contributed by atoms with Crippen LogP contribution in [-0.4, -0.2) is 35.7 Å². The summed E-state index contributed by atoms with van der Waals surface area (Å²) in [6, 6.07) is 14.3. The smallest absolute Gasteiger partial charge is 0.316 e. The van der Waals surface area contributed by atoms with Crippen LogP contribution in [0.25, 0.3) is 0 Å². The van der Waals surface area contributed by atoms with E-state index in [0.717, 1.165) is 16.9 Å². The summed E-state index contributed by atoms with van der Waals surface area (Å²) in [6.07, 6.45) is 0.846. The predicted octanol–water partition coefficient (Wildman–Crippen LogP) is 3.52. The molecule has 0 saturated carbocycles. The SMILES string of the molecule is Cc1ccc(SCC(=O)OCC(=O)N2CCc3ccccc3C2)c(C)c1. The van der Waals surface area contributed by atoms with E-state index in [1.54, 1.807) is 4.90 Å². The number of esters is 1. The zero-order chi connectivity index (χ0) is 18.5. The molecule has 0 radical (unpaired) electrons. The highest BCUT2D eigenvalue weighted by Gasteiger charge is 2.21. The minimum atomic E-state index is -0.360. The van der Waals surface area contributed by atoms with Crippen molar-refractivity contribution in [3.8, 4) is 0 Å². The lowest BCUT2D eigenvalue weighted by molar-refractivity contribution is -0.150. The summed E-state index contributed by atoms with van der Waals surface area (Å²) >= 11 is 1.44. The Morgan fingerprint density at radius 3 is 2.65 bits per heavy atom. The van der Waals surface area contributed by atoms with Gasteiger partial charge < -0.3 is 9.64 Å². The summed E-state index contributed by atoms with van der Waals surface area (Å²) in [5, 5.41) is 0. The number of rotatable bonds is 5. The van der Waals surface area contributed by atoms with E-state index < -0.39 is 0 Å². The number of nitrogens with zero attached hydrogens (tertiary/aromatic N) is 1. The van der Waals surface area contributed by atoms with Gasteiger partial charge >= 0.3 is 5.97 Å². The average Bonchev–Trinajstić information content (AvgIpc) is 2.65. The summed E-state index contributed by atoms with van der Waals surface area (Å²) in [4.78, 5) is 27.1. The van der Waals surface area contributed by atoms with Crippen molar-refractivity contribution in [2.24, 2.45) is 0 Å². The summed E-state index contributed by atoms with van der Waals surface area (Å²) in [6.45, 7) is 5.14. The van der Waals surface area contributed by atoms with Gasteiger partial charge in [0.05, 0.1) is 5.75 Å². The first-order chi connectivity index (χ1) is 12.5. The van der Waals surface area contributed by atoms with Crippen LogP contribution in [0.4, 0.5) is 0 Å². The molecule has 0 aromatic heterocycles. The van der Waals surface area contributed by atoms with Gasteiger partial charge in [-0.25, -0.2) is 0 Å². The van der Waals surface area contributed by atoms with Gasteiger partial charge in [0.2, 0.25) is 0 Å². The maximum atomic E-state index is 12.3. The number of amides is 1. The van der Waals surface area contributed by atoms with E-state index in [0.29, 0.717) is 13.1 Å². The molecule has 136 valence electrons. The van der Waals surface area contributed by atoms with Crippen molar-refractivity contribution in [2.75, 3.05) is 18.9 Å². The van der Waals surface area contributed by atoms with Crippen molar-refractivity contribution in [1.29, 1.82) is 0 Å². The van der Waals surface area contributed by atoms with Crippen molar-refractivity contribution in [2.45, 2.75) is 31.7 Å². The molecule has 1 aliphatic heterocycles. The Kier molecular flexibility index (Phi) is 5.99. The number of ether oxygens (including phenoxy) is 1. The number of hydrogen-bond donors (Lipinski definition) is 0. The first-order valence-electron chi connectivity index (χ1n) is 8.73. The van der Waals surface area contributed by atoms with E-state index in [1.165, 1.54) is 28.5 Å². The summed E-state index contributed by atoms with van der Waals surface area (Å²) < 4.78 is 5.18. The third kappa shape index (κ3) is 4.67. The number of carbonyl (C=O) groups is 2. The highest BCUT2D eigenvalue weighted by Crippen LogP contribution is 2.23. The van der Waals surface area contributed by atoms with Gasteiger partial charge in [-0.15, -0.1) is 11.8 Å². The molecule has 0 saturated heterocycles. The van der Waals surface area contributed by atoms with Crippen molar-refractivity contribution in [3.05, 3.63) is 64.7 Å². The Hall–Kier alpha value is -2.27. The molecule has 5 heteroatoms. The second kappa shape index (κ2) is 8.41. The second-order valence-electron chi connectivity index (χ2n) is 6.55. The predicted molar refractivity (Wildman–Crippen MR) is 103 cm³/mol. The second-order valence-corrected chi connectivity index (χ2v) is 7.57. The van der Waals surface area contributed by atoms with E-state index in [1.807, 2.05) is 44.2 Å². The van der Waals surface area contributed by atoms with Gasteiger partial charge in [-0.05, 0) is 43.0 Å². The van der Waals surface area contributed by atoms with Gasteiger partial charge in [-0.2, -0.15) is 0 Å². The Labute approximate surface area is 158 Å². The van der Waals surface area contributed by atoms with E-state index in [9.17, 15) is 9.59 Å². The number of aryl methyl sites for hydroxylation is 2. The average molecular weight is 369 g/mol. The lowest BCUT2D eigenvalue weighted by Gasteiger charge is -2.28. The van der Waals surface area contributed by atoms with E-state index in [4.69, 9.17) is 4.74 Å². The van der Waals surface area contributed by atoms with Crippen molar-refractivity contribution >= 4 is 23.6 Å². The molecule has 0 atom stereocenters. The molecule has 0 bridgehead atoms. The molecule has 1 heterocycles. The standard InChI is InChI=1S/C21H23NO3S/c1-15-7-8-19(16(2)11-15)26-14-21(24)25-13-20(23)22-10-9-17-5-3-4-6-18(17)12-22/h3-8,11H,9-10,12-14H2,1-2H3. The fourth-order valence-corrected chi connectivity index (χ4v) is 3.89. The molecule has 0 aliphatic carbocycles. The van der Waals surface area contributed by atoms with Crippen LogP contribution in [0.5, 0.6) is 0 Å². The summed E-state index contributed by atoms with van der Waals surface area (Å²) in [7, 11) is 0. The number of benzene rings is 2. The molecule has 0 spiro atoms. The Morgan fingerprint density at radius 2 is 1.88 bits per heavy atom. The van der Waals surface area contributed by atoms with Crippen LogP contribution in [0.1, 0.15) is 22.3 Å². The Bertz CT molecular complexity index is 819. The van der Waals surface area contributed by atoms with Crippen LogP contribution in [0, 0.1) is 13.8 Å². The first kappa shape index (κ1) is 18.5. The largest absolute Gasteiger partial charge is 0.455 e. The fourth-order valence-electron chi connectivity index (χ4n) is 3.08. The molecule has 1 amide bonds. The van der Waals surface area contributed by atoms with Crippen LogP contribution >= 0.6 is 11.8 Å². The van der Waals surface area contributed by atoms with Gasteiger partial charge in [0.15, 0.2) is 6.61 Å². The summed E-state index contributed by atoms with van der Waals surface area (Å²) in [5.74, 6) is -0.287. The number of fused-ring (bicyclic) bond motifs is 1. The lowest BCUT2D eigenvalue weighted by atomic mass is 10.00. The number of hydrogen-bond acceptors (Lipinski definition) is 4. The molecule has 0 N–H and O–H groups in total. The van der Waals surface area contributed by atoms with Gasteiger partial charge in [-0.1, -0.05) is 42.0 Å². The number of carbonyl (C=O) groups excluding carboxylic acids is 2. The lowest BCUT2D eigenvalue weighted by Crippen LogP contribution is -2.38.